The number of halogens is 2. The third-order valence-corrected chi connectivity index (χ3v) is 4.49. The van der Waals surface area contributed by atoms with Crippen molar-refractivity contribution in [2.75, 3.05) is 11.9 Å². The van der Waals surface area contributed by atoms with Gasteiger partial charge >= 0.3 is 0 Å². The summed E-state index contributed by atoms with van der Waals surface area (Å²) < 4.78 is 30.3. The minimum Gasteiger partial charge on any atom is -0.461 e. The largest absolute Gasteiger partial charge is 0.461 e. The third kappa shape index (κ3) is 3.40. The van der Waals surface area contributed by atoms with Gasteiger partial charge in [0.1, 0.15) is 11.5 Å². The topological polar surface area (TPSA) is 45.5 Å². The van der Waals surface area contributed by atoms with Crippen molar-refractivity contribution in [2.45, 2.75) is 31.0 Å². The van der Waals surface area contributed by atoms with E-state index in [9.17, 15) is 13.6 Å². The number of hydrogen-bond donors (Lipinski definition) is 1. The van der Waals surface area contributed by atoms with Crippen LogP contribution >= 0.6 is 11.8 Å². The van der Waals surface area contributed by atoms with Crippen LogP contribution in [0.25, 0.3) is 0 Å². The zero-order valence-electron chi connectivity index (χ0n) is 13.2. The summed E-state index contributed by atoms with van der Waals surface area (Å²) in [6.45, 7) is 2.57. The van der Waals surface area contributed by atoms with Crippen LogP contribution in [0.2, 0.25) is 0 Å². The highest BCUT2D eigenvalue weighted by Crippen LogP contribution is 2.34. The molecule has 0 bridgehead atoms. The highest BCUT2D eigenvalue weighted by Gasteiger charge is 2.33. The van der Waals surface area contributed by atoms with E-state index in [1.165, 1.54) is 0 Å². The van der Waals surface area contributed by atoms with Gasteiger partial charge in [-0.25, -0.2) is 0 Å². The summed E-state index contributed by atoms with van der Waals surface area (Å²) in [7, 11) is 0. The number of carbonyl (C=O) groups is 1. The van der Waals surface area contributed by atoms with Crippen molar-refractivity contribution in [3.8, 4) is 0 Å². The van der Waals surface area contributed by atoms with E-state index in [4.69, 9.17) is 4.42 Å². The monoisotopic (exact) mass is 352 g/mol. The third-order valence-electron chi connectivity index (χ3n) is 3.79. The molecule has 0 fully saturated rings. The van der Waals surface area contributed by atoms with Gasteiger partial charge in [0.25, 0.3) is 11.7 Å². The van der Waals surface area contributed by atoms with Gasteiger partial charge in [-0.2, -0.15) is 8.78 Å². The molecule has 1 aromatic carbocycles. The molecule has 0 unspecified atom stereocenters. The molecule has 2 aromatic rings. The number of nitrogens with zero attached hydrogens (tertiary/aromatic N) is 1. The van der Waals surface area contributed by atoms with Crippen molar-refractivity contribution in [1.29, 1.82) is 0 Å². The minimum atomic E-state index is -2.43. The van der Waals surface area contributed by atoms with Crippen molar-refractivity contribution in [1.82, 2.24) is 4.90 Å². The summed E-state index contributed by atoms with van der Waals surface area (Å²) in [5, 5.41) is 3.31. The summed E-state index contributed by atoms with van der Waals surface area (Å²) >= 11 is 0.516. The first kappa shape index (κ1) is 16.8. The van der Waals surface area contributed by atoms with E-state index in [0.29, 0.717) is 35.4 Å². The van der Waals surface area contributed by atoms with E-state index < -0.39 is 11.9 Å². The molecule has 0 aliphatic carbocycles. The van der Waals surface area contributed by atoms with Crippen molar-refractivity contribution in [3.05, 3.63) is 53.5 Å². The average Bonchev–Trinajstić information content (AvgIpc) is 3.04. The maximum atomic E-state index is 12.8. The Morgan fingerprint density at radius 2 is 2.08 bits per heavy atom. The van der Waals surface area contributed by atoms with Crippen molar-refractivity contribution in [2.24, 2.45) is 0 Å². The number of alkyl halides is 2. The van der Waals surface area contributed by atoms with Crippen LogP contribution in [0.1, 0.15) is 41.4 Å². The van der Waals surface area contributed by atoms with Gasteiger partial charge in [-0.15, -0.1) is 0 Å². The molecule has 3 rings (SSSR count). The van der Waals surface area contributed by atoms with Gasteiger partial charge in [0.15, 0.2) is 6.17 Å². The van der Waals surface area contributed by atoms with Gasteiger partial charge < -0.3 is 14.6 Å². The van der Waals surface area contributed by atoms with E-state index in [1.807, 2.05) is 25.1 Å². The summed E-state index contributed by atoms with van der Waals surface area (Å²) in [5.41, 5.74) is 1.38. The Morgan fingerprint density at radius 1 is 1.29 bits per heavy atom. The number of nitrogens with one attached hydrogen (secondary N) is 1. The van der Waals surface area contributed by atoms with E-state index in [1.54, 1.807) is 23.1 Å². The number of amides is 1. The molecule has 1 N–H and O–H groups in total. The normalized spacial score (nSPS) is 17.1. The summed E-state index contributed by atoms with van der Waals surface area (Å²) in [6, 6.07) is 10.7. The number of furan rings is 1. The lowest BCUT2D eigenvalue weighted by molar-refractivity contribution is 0.0662. The Kier molecular flexibility index (Phi) is 5.08. The summed E-state index contributed by atoms with van der Waals surface area (Å²) in [6.07, 6.45) is 0.374. The Hall–Kier alpha value is -2.02. The van der Waals surface area contributed by atoms with Crippen molar-refractivity contribution < 1.29 is 18.0 Å². The molecule has 128 valence electrons. The first-order chi connectivity index (χ1) is 11.6. The Labute approximate surface area is 143 Å². The molecule has 24 heavy (non-hydrogen) atoms. The first-order valence-electron chi connectivity index (χ1n) is 7.75. The molecule has 0 saturated heterocycles. The van der Waals surface area contributed by atoms with Crippen LogP contribution in [0.3, 0.4) is 0 Å². The lowest BCUT2D eigenvalue weighted by Gasteiger charge is -2.36. The number of rotatable bonds is 6. The van der Waals surface area contributed by atoms with Gasteiger partial charge in [0, 0.05) is 12.2 Å². The standard InChI is InChI=1S/C17H18F2N2O2S/c1-2-9-21-15(14-8-7-11(23-14)10-24-17(18)19)20-13-6-4-3-5-12(13)16(21)22/h3-8,15,17,20H,2,9-10H2,1H3/t15-/m0/s1. The second-order valence-corrected chi connectivity index (χ2v) is 6.45. The molecule has 1 atom stereocenters. The van der Waals surface area contributed by atoms with Gasteiger partial charge in [-0.1, -0.05) is 30.8 Å². The van der Waals surface area contributed by atoms with Crippen LogP contribution in [0.4, 0.5) is 14.5 Å². The lowest BCUT2D eigenvalue weighted by Crippen LogP contribution is -2.43. The number of carbonyl (C=O) groups excluding carboxylic acids is 1. The zero-order chi connectivity index (χ0) is 17.1. The molecular formula is C17H18F2N2O2S. The molecule has 1 amide bonds. The van der Waals surface area contributed by atoms with Crippen molar-refractivity contribution in [3.63, 3.8) is 0 Å². The number of benzene rings is 1. The predicted octanol–water partition coefficient (Wildman–Crippen LogP) is 4.71. The number of anilines is 1. The van der Waals surface area contributed by atoms with Crippen molar-refractivity contribution >= 4 is 23.4 Å². The molecule has 7 heteroatoms. The Bertz CT molecular complexity index is 720. The lowest BCUT2D eigenvalue weighted by atomic mass is 10.1. The zero-order valence-corrected chi connectivity index (χ0v) is 14.0. The second kappa shape index (κ2) is 7.25. The van der Waals surface area contributed by atoms with Gasteiger partial charge in [-0.3, -0.25) is 4.79 Å². The van der Waals surface area contributed by atoms with Gasteiger partial charge in [-0.05, 0) is 30.7 Å². The summed E-state index contributed by atoms with van der Waals surface area (Å²) in [5.74, 6) is -1.37. The fourth-order valence-electron chi connectivity index (χ4n) is 2.75. The van der Waals surface area contributed by atoms with E-state index >= 15 is 0 Å². The molecule has 4 nitrogen and oxygen atoms in total. The fraction of sp³-hybridized carbons (Fsp3) is 0.353. The number of hydrogen-bond acceptors (Lipinski definition) is 4. The number of fused-ring (bicyclic) bond motifs is 1. The predicted molar refractivity (Wildman–Crippen MR) is 90.1 cm³/mol. The maximum absolute atomic E-state index is 12.8. The molecule has 0 radical (unpaired) electrons. The fourth-order valence-corrected chi connectivity index (χ4v) is 3.20. The molecule has 0 saturated carbocycles. The molecule has 1 aliphatic rings. The van der Waals surface area contributed by atoms with Crippen LogP contribution in [0.5, 0.6) is 0 Å². The Morgan fingerprint density at radius 3 is 2.83 bits per heavy atom. The Balaban J connectivity index is 1.87. The van der Waals surface area contributed by atoms with Crippen LogP contribution in [0, 0.1) is 0 Å². The molecule has 2 heterocycles. The second-order valence-electron chi connectivity index (χ2n) is 5.47. The molecule has 1 aliphatic heterocycles. The van der Waals surface area contributed by atoms with E-state index in [2.05, 4.69) is 5.32 Å². The highest BCUT2D eigenvalue weighted by atomic mass is 32.2. The molecule has 1 aromatic heterocycles. The van der Waals surface area contributed by atoms with Gasteiger partial charge in [0.2, 0.25) is 0 Å². The van der Waals surface area contributed by atoms with Gasteiger partial charge in [0.05, 0.1) is 11.3 Å². The van der Waals surface area contributed by atoms with Crippen LogP contribution in [-0.2, 0) is 5.75 Å². The summed E-state index contributed by atoms with van der Waals surface area (Å²) in [4.78, 5) is 14.5. The van der Waals surface area contributed by atoms with Crippen LogP contribution < -0.4 is 5.32 Å². The quantitative estimate of drug-likeness (QED) is 0.818. The smallest absolute Gasteiger partial charge is 0.284 e. The van der Waals surface area contributed by atoms with Crippen LogP contribution in [-0.4, -0.2) is 23.1 Å². The van der Waals surface area contributed by atoms with E-state index in [-0.39, 0.29) is 11.7 Å². The first-order valence-corrected chi connectivity index (χ1v) is 8.80. The SMILES string of the molecule is CCCN1C(=O)c2ccccc2N[C@@H]1c1ccc(CSC(F)F)o1. The number of para-hydroxylation sites is 1. The maximum Gasteiger partial charge on any atom is 0.284 e. The average molecular weight is 352 g/mol. The highest BCUT2D eigenvalue weighted by molar-refractivity contribution is 7.98. The minimum absolute atomic E-state index is 0.0592. The van der Waals surface area contributed by atoms with E-state index in [0.717, 1.165) is 12.1 Å². The molecular weight excluding hydrogens is 334 g/mol. The van der Waals surface area contributed by atoms with Crippen LogP contribution in [0.15, 0.2) is 40.8 Å². The molecule has 0 spiro atoms. The number of thioether (sulfide) groups is 1.